The van der Waals surface area contributed by atoms with Crippen molar-refractivity contribution in [2.45, 2.75) is 50.5 Å². The molecule has 0 aromatic heterocycles. The van der Waals surface area contributed by atoms with Crippen LogP contribution in [0, 0.1) is 0 Å². The van der Waals surface area contributed by atoms with Gasteiger partial charge < -0.3 is 4.74 Å². The van der Waals surface area contributed by atoms with E-state index in [1.807, 2.05) is 31.2 Å². The van der Waals surface area contributed by atoms with Gasteiger partial charge >= 0.3 is 0 Å². The first-order chi connectivity index (χ1) is 11.6. The zero-order valence-corrected chi connectivity index (χ0v) is 15.2. The number of hydrogen-bond acceptors (Lipinski definition) is 3. The summed E-state index contributed by atoms with van der Waals surface area (Å²) in [5, 5.41) is 1.60. The molecule has 0 aliphatic carbocycles. The number of piperidine rings is 1. The lowest BCUT2D eigenvalue weighted by atomic mass is 10.1. The minimum absolute atomic E-state index is 0.0542. The van der Waals surface area contributed by atoms with Gasteiger partial charge in [-0.1, -0.05) is 37.6 Å². The highest BCUT2D eigenvalue weighted by molar-refractivity contribution is 7.89. The van der Waals surface area contributed by atoms with Crippen LogP contribution in [-0.2, 0) is 10.0 Å². The largest absolute Gasteiger partial charge is 0.493 e. The second-order valence-electron chi connectivity index (χ2n) is 6.42. The van der Waals surface area contributed by atoms with E-state index in [0.29, 0.717) is 18.0 Å². The predicted octanol–water partition coefficient (Wildman–Crippen LogP) is 4.19. The van der Waals surface area contributed by atoms with E-state index in [4.69, 9.17) is 4.74 Å². The van der Waals surface area contributed by atoms with E-state index in [1.165, 1.54) is 0 Å². The summed E-state index contributed by atoms with van der Waals surface area (Å²) in [5.74, 6) is 0.748. The van der Waals surface area contributed by atoms with Gasteiger partial charge in [0.1, 0.15) is 5.75 Å². The molecule has 1 aliphatic heterocycles. The fourth-order valence-electron chi connectivity index (χ4n) is 3.36. The first-order valence-corrected chi connectivity index (χ1v) is 10.2. The summed E-state index contributed by atoms with van der Waals surface area (Å²) < 4.78 is 33.9. The number of sulfonamides is 1. The second kappa shape index (κ2) is 7.11. The Bertz CT molecular complexity index is 816. The summed E-state index contributed by atoms with van der Waals surface area (Å²) in [6.07, 6.45) is 3.87. The second-order valence-corrected chi connectivity index (χ2v) is 8.28. The summed E-state index contributed by atoms with van der Waals surface area (Å²) in [6.45, 7) is 5.28. The standard InChI is InChI=1S/C19H25NO3S/c1-3-14-23-18-11-12-19(17-10-5-4-9-16(17)18)24(21,22)20-13-7-6-8-15(20)2/h4-5,9-12,15H,3,6-8,13-14H2,1-2H3/t15-/m0/s1. The third-order valence-electron chi connectivity index (χ3n) is 4.63. The highest BCUT2D eigenvalue weighted by Gasteiger charge is 2.32. The Balaban J connectivity index is 2.09. The Kier molecular flexibility index (Phi) is 5.11. The fraction of sp³-hybridized carbons (Fsp3) is 0.474. The molecule has 0 unspecified atom stereocenters. The minimum atomic E-state index is -3.50. The van der Waals surface area contributed by atoms with Gasteiger partial charge in [-0.15, -0.1) is 0 Å². The van der Waals surface area contributed by atoms with Crippen molar-refractivity contribution in [1.82, 2.24) is 4.31 Å². The molecule has 1 fully saturated rings. The monoisotopic (exact) mass is 347 g/mol. The molecule has 0 radical (unpaired) electrons. The topological polar surface area (TPSA) is 46.6 Å². The first-order valence-electron chi connectivity index (χ1n) is 8.72. The molecule has 24 heavy (non-hydrogen) atoms. The van der Waals surface area contributed by atoms with E-state index >= 15 is 0 Å². The molecule has 0 amide bonds. The van der Waals surface area contributed by atoms with E-state index < -0.39 is 10.0 Å². The maximum absolute atomic E-state index is 13.2. The lowest BCUT2D eigenvalue weighted by Crippen LogP contribution is -2.41. The van der Waals surface area contributed by atoms with Crippen LogP contribution in [0.1, 0.15) is 39.5 Å². The van der Waals surface area contributed by atoms with Gasteiger partial charge in [-0.25, -0.2) is 8.42 Å². The van der Waals surface area contributed by atoms with E-state index in [9.17, 15) is 8.42 Å². The van der Waals surface area contributed by atoms with E-state index in [2.05, 4.69) is 6.92 Å². The number of rotatable bonds is 5. The first kappa shape index (κ1) is 17.2. The third-order valence-corrected chi connectivity index (χ3v) is 6.71. The van der Waals surface area contributed by atoms with Crippen molar-refractivity contribution >= 4 is 20.8 Å². The fourth-order valence-corrected chi connectivity index (χ4v) is 5.26. The van der Waals surface area contributed by atoms with Crippen LogP contribution in [0.3, 0.4) is 0 Å². The van der Waals surface area contributed by atoms with Crippen molar-refractivity contribution in [3.8, 4) is 5.75 Å². The van der Waals surface area contributed by atoms with Gasteiger partial charge in [0.25, 0.3) is 0 Å². The molecule has 1 aliphatic rings. The molecular formula is C19H25NO3S. The molecule has 4 nitrogen and oxygen atoms in total. The van der Waals surface area contributed by atoms with Crippen LogP contribution >= 0.6 is 0 Å². The quantitative estimate of drug-likeness (QED) is 0.815. The molecule has 0 bridgehead atoms. The average molecular weight is 347 g/mol. The van der Waals surface area contributed by atoms with Gasteiger partial charge in [-0.2, -0.15) is 4.31 Å². The number of nitrogens with zero attached hydrogens (tertiary/aromatic N) is 1. The smallest absolute Gasteiger partial charge is 0.243 e. The summed E-state index contributed by atoms with van der Waals surface area (Å²) >= 11 is 0. The van der Waals surface area contributed by atoms with Gasteiger partial charge in [0.05, 0.1) is 11.5 Å². The van der Waals surface area contributed by atoms with Crippen LogP contribution in [0.15, 0.2) is 41.3 Å². The number of fused-ring (bicyclic) bond motifs is 1. The van der Waals surface area contributed by atoms with Gasteiger partial charge in [0, 0.05) is 23.4 Å². The Morgan fingerprint density at radius 1 is 1.12 bits per heavy atom. The average Bonchev–Trinajstić information content (AvgIpc) is 2.59. The van der Waals surface area contributed by atoms with Crippen LogP contribution in [-0.4, -0.2) is 31.9 Å². The van der Waals surface area contributed by atoms with Crippen molar-refractivity contribution in [1.29, 1.82) is 0 Å². The summed E-state index contributed by atoms with van der Waals surface area (Å²) in [5.41, 5.74) is 0. The van der Waals surface area contributed by atoms with Crippen LogP contribution < -0.4 is 4.74 Å². The zero-order chi connectivity index (χ0) is 17.2. The Morgan fingerprint density at radius 2 is 1.88 bits per heavy atom. The van der Waals surface area contributed by atoms with Crippen LogP contribution in [0.25, 0.3) is 10.8 Å². The molecule has 3 rings (SSSR count). The molecule has 1 atom stereocenters. The Hall–Kier alpha value is -1.59. The van der Waals surface area contributed by atoms with Crippen molar-refractivity contribution in [3.05, 3.63) is 36.4 Å². The van der Waals surface area contributed by atoms with Crippen molar-refractivity contribution in [3.63, 3.8) is 0 Å². The van der Waals surface area contributed by atoms with Gasteiger partial charge in [0.2, 0.25) is 10.0 Å². The molecule has 1 heterocycles. The molecule has 0 spiro atoms. The number of ether oxygens (including phenoxy) is 1. The molecule has 2 aromatic carbocycles. The van der Waals surface area contributed by atoms with Crippen molar-refractivity contribution < 1.29 is 13.2 Å². The third kappa shape index (κ3) is 3.15. The van der Waals surface area contributed by atoms with E-state index in [1.54, 1.807) is 16.4 Å². The van der Waals surface area contributed by atoms with Crippen LogP contribution in [0.4, 0.5) is 0 Å². The molecule has 0 saturated carbocycles. The zero-order valence-electron chi connectivity index (χ0n) is 14.4. The van der Waals surface area contributed by atoms with Crippen molar-refractivity contribution in [2.75, 3.05) is 13.2 Å². The van der Waals surface area contributed by atoms with Gasteiger partial charge in [0.15, 0.2) is 0 Å². The Labute approximate surface area is 144 Å². The van der Waals surface area contributed by atoms with Crippen LogP contribution in [0.2, 0.25) is 0 Å². The summed E-state index contributed by atoms with van der Waals surface area (Å²) in [6, 6.07) is 11.1. The molecule has 2 aromatic rings. The summed E-state index contributed by atoms with van der Waals surface area (Å²) in [7, 11) is -3.50. The number of benzene rings is 2. The Morgan fingerprint density at radius 3 is 2.58 bits per heavy atom. The molecule has 0 N–H and O–H groups in total. The van der Waals surface area contributed by atoms with Crippen molar-refractivity contribution in [2.24, 2.45) is 0 Å². The highest BCUT2D eigenvalue weighted by Crippen LogP contribution is 2.34. The lowest BCUT2D eigenvalue weighted by Gasteiger charge is -2.32. The highest BCUT2D eigenvalue weighted by atomic mass is 32.2. The summed E-state index contributed by atoms with van der Waals surface area (Å²) in [4.78, 5) is 0.385. The molecule has 1 saturated heterocycles. The maximum atomic E-state index is 13.2. The van der Waals surface area contributed by atoms with Gasteiger partial charge in [-0.05, 0) is 38.3 Å². The predicted molar refractivity (Wildman–Crippen MR) is 96.9 cm³/mol. The van der Waals surface area contributed by atoms with Gasteiger partial charge in [-0.3, -0.25) is 0 Å². The molecule has 130 valence electrons. The SMILES string of the molecule is CCCOc1ccc(S(=O)(=O)N2CCCC[C@@H]2C)c2ccccc12. The lowest BCUT2D eigenvalue weighted by molar-refractivity contribution is 0.269. The normalized spacial score (nSPS) is 19.5. The molecule has 5 heteroatoms. The molecular weight excluding hydrogens is 322 g/mol. The van der Waals surface area contributed by atoms with E-state index in [0.717, 1.165) is 42.2 Å². The number of hydrogen-bond donors (Lipinski definition) is 0. The van der Waals surface area contributed by atoms with Crippen LogP contribution in [0.5, 0.6) is 5.75 Å². The minimum Gasteiger partial charge on any atom is -0.493 e. The van der Waals surface area contributed by atoms with E-state index in [-0.39, 0.29) is 6.04 Å². The maximum Gasteiger partial charge on any atom is 0.243 e.